The van der Waals surface area contributed by atoms with Crippen LogP contribution >= 0.6 is 11.6 Å². The third kappa shape index (κ3) is 2.32. The summed E-state index contributed by atoms with van der Waals surface area (Å²) >= 11 is 5.65. The van der Waals surface area contributed by atoms with Crippen LogP contribution in [0.3, 0.4) is 0 Å². The van der Waals surface area contributed by atoms with E-state index in [-0.39, 0.29) is 16.1 Å². The van der Waals surface area contributed by atoms with Gasteiger partial charge in [-0.1, -0.05) is 48.0 Å². The summed E-state index contributed by atoms with van der Waals surface area (Å²) in [7, 11) is 0. The third-order valence-electron chi connectivity index (χ3n) is 2.87. The zero-order valence-corrected chi connectivity index (χ0v) is 10.6. The second kappa shape index (κ2) is 4.99. The smallest absolute Gasteiger partial charge is 0.258 e. The molecule has 1 unspecified atom stereocenters. The first-order valence-electron chi connectivity index (χ1n) is 5.49. The number of benzene rings is 2. The van der Waals surface area contributed by atoms with Crippen molar-refractivity contribution in [3.05, 3.63) is 70.5 Å². The number of carbonyl (C=O) groups is 1. The molecule has 19 heavy (non-hydrogen) atoms. The second-order valence-electron chi connectivity index (χ2n) is 4.06. The quantitative estimate of drug-likeness (QED) is 0.905. The van der Waals surface area contributed by atoms with Gasteiger partial charge in [0.25, 0.3) is 5.91 Å². The Morgan fingerprint density at radius 2 is 1.84 bits per heavy atom. The molecule has 0 saturated heterocycles. The Balaban J connectivity index is 2.67. The largest absolute Gasteiger partial charge is 0.372 e. The standard InChI is InChI=1S/C14H11ClFNO2/c15-10-6-7-11(12(16)8-10)14(19,13(17)18)9-4-2-1-3-5-9/h1-8,19H,(H2,17,18). The van der Waals surface area contributed by atoms with Crippen LogP contribution in [0.25, 0.3) is 0 Å². The number of rotatable bonds is 3. The van der Waals surface area contributed by atoms with Crippen molar-refractivity contribution in [2.75, 3.05) is 0 Å². The summed E-state index contributed by atoms with van der Waals surface area (Å²) in [5.41, 5.74) is 3.00. The van der Waals surface area contributed by atoms with Crippen LogP contribution in [0, 0.1) is 5.82 Å². The van der Waals surface area contributed by atoms with E-state index in [1.165, 1.54) is 24.3 Å². The zero-order valence-electron chi connectivity index (χ0n) is 9.81. The predicted molar refractivity (Wildman–Crippen MR) is 70.0 cm³/mol. The molecule has 0 saturated carbocycles. The highest BCUT2D eigenvalue weighted by Gasteiger charge is 2.40. The molecule has 2 rings (SSSR count). The molecule has 0 aliphatic rings. The molecule has 0 aliphatic carbocycles. The van der Waals surface area contributed by atoms with E-state index in [0.29, 0.717) is 0 Å². The number of aliphatic hydroxyl groups is 1. The van der Waals surface area contributed by atoms with E-state index in [4.69, 9.17) is 17.3 Å². The number of hydrogen-bond acceptors (Lipinski definition) is 2. The van der Waals surface area contributed by atoms with Gasteiger partial charge in [0.05, 0.1) is 0 Å². The predicted octanol–water partition coefficient (Wildman–Crippen LogP) is 2.20. The SMILES string of the molecule is NC(=O)C(O)(c1ccccc1)c1ccc(Cl)cc1F. The van der Waals surface area contributed by atoms with Crippen LogP contribution in [0.2, 0.25) is 5.02 Å². The van der Waals surface area contributed by atoms with E-state index < -0.39 is 17.3 Å². The van der Waals surface area contributed by atoms with Crippen LogP contribution in [-0.4, -0.2) is 11.0 Å². The van der Waals surface area contributed by atoms with Gasteiger partial charge in [0, 0.05) is 10.6 Å². The lowest BCUT2D eigenvalue weighted by atomic mass is 9.85. The highest BCUT2D eigenvalue weighted by Crippen LogP contribution is 2.32. The van der Waals surface area contributed by atoms with Gasteiger partial charge in [-0.2, -0.15) is 0 Å². The lowest BCUT2D eigenvalue weighted by molar-refractivity contribution is -0.133. The topological polar surface area (TPSA) is 63.3 Å². The van der Waals surface area contributed by atoms with Gasteiger partial charge in [-0.3, -0.25) is 4.79 Å². The first-order chi connectivity index (χ1) is 8.96. The highest BCUT2D eigenvalue weighted by atomic mass is 35.5. The molecule has 2 aromatic rings. The minimum absolute atomic E-state index is 0.168. The molecule has 0 aliphatic heterocycles. The summed E-state index contributed by atoms with van der Waals surface area (Å²) in [6.45, 7) is 0. The van der Waals surface area contributed by atoms with Crippen molar-refractivity contribution in [1.82, 2.24) is 0 Å². The molecule has 1 atom stereocenters. The fourth-order valence-corrected chi connectivity index (χ4v) is 2.05. The molecular weight excluding hydrogens is 269 g/mol. The van der Waals surface area contributed by atoms with Gasteiger partial charge < -0.3 is 10.8 Å². The fraction of sp³-hybridized carbons (Fsp3) is 0.0714. The van der Waals surface area contributed by atoms with E-state index in [1.807, 2.05) is 0 Å². The molecule has 98 valence electrons. The van der Waals surface area contributed by atoms with Crippen molar-refractivity contribution in [1.29, 1.82) is 0 Å². The Morgan fingerprint density at radius 1 is 1.21 bits per heavy atom. The molecule has 0 radical (unpaired) electrons. The van der Waals surface area contributed by atoms with Crippen molar-refractivity contribution in [3.8, 4) is 0 Å². The Hall–Kier alpha value is -1.91. The number of nitrogens with two attached hydrogens (primary N) is 1. The minimum atomic E-state index is -2.23. The van der Waals surface area contributed by atoms with E-state index in [9.17, 15) is 14.3 Å². The summed E-state index contributed by atoms with van der Waals surface area (Å²) in [4.78, 5) is 11.6. The van der Waals surface area contributed by atoms with Crippen LogP contribution in [0.1, 0.15) is 11.1 Å². The average molecular weight is 280 g/mol. The van der Waals surface area contributed by atoms with Crippen LogP contribution < -0.4 is 5.73 Å². The number of carbonyl (C=O) groups excluding carboxylic acids is 1. The molecule has 0 aromatic heterocycles. The normalized spacial score (nSPS) is 13.8. The lowest BCUT2D eigenvalue weighted by Gasteiger charge is -2.26. The Bertz CT molecular complexity index is 618. The van der Waals surface area contributed by atoms with E-state index in [1.54, 1.807) is 18.2 Å². The minimum Gasteiger partial charge on any atom is -0.372 e. The fourth-order valence-electron chi connectivity index (χ4n) is 1.89. The van der Waals surface area contributed by atoms with Crippen molar-refractivity contribution in [3.63, 3.8) is 0 Å². The molecule has 2 aromatic carbocycles. The molecule has 1 amide bonds. The molecular formula is C14H11ClFNO2. The number of amides is 1. The van der Waals surface area contributed by atoms with Gasteiger partial charge in [-0.25, -0.2) is 4.39 Å². The molecule has 0 heterocycles. The third-order valence-corrected chi connectivity index (χ3v) is 3.10. The first kappa shape index (κ1) is 13.5. The monoisotopic (exact) mass is 279 g/mol. The first-order valence-corrected chi connectivity index (χ1v) is 5.87. The summed E-state index contributed by atoms with van der Waals surface area (Å²) in [5.74, 6) is -1.85. The van der Waals surface area contributed by atoms with Crippen molar-refractivity contribution >= 4 is 17.5 Å². The van der Waals surface area contributed by atoms with Crippen LogP contribution in [0.4, 0.5) is 4.39 Å². The van der Waals surface area contributed by atoms with Gasteiger partial charge >= 0.3 is 0 Å². The Morgan fingerprint density at radius 3 is 2.37 bits per heavy atom. The number of halogens is 2. The van der Waals surface area contributed by atoms with Crippen LogP contribution in [0.15, 0.2) is 48.5 Å². The average Bonchev–Trinajstić information content (AvgIpc) is 2.38. The van der Waals surface area contributed by atoms with E-state index in [2.05, 4.69) is 0 Å². The van der Waals surface area contributed by atoms with Gasteiger partial charge in [-0.15, -0.1) is 0 Å². The number of hydrogen-bond donors (Lipinski definition) is 2. The molecule has 0 fully saturated rings. The summed E-state index contributed by atoms with van der Waals surface area (Å²) in [6.07, 6.45) is 0. The maximum absolute atomic E-state index is 13.9. The molecule has 5 heteroatoms. The van der Waals surface area contributed by atoms with E-state index >= 15 is 0 Å². The molecule has 0 bridgehead atoms. The van der Waals surface area contributed by atoms with Gasteiger partial charge in [-0.05, 0) is 17.7 Å². The summed E-state index contributed by atoms with van der Waals surface area (Å²) < 4.78 is 13.9. The zero-order chi connectivity index (χ0) is 14.0. The molecule has 3 nitrogen and oxygen atoms in total. The van der Waals surface area contributed by atoms with Crippen LogP contribution in [0.5, 0.6) is 0 Å². The van der Waals surface area contributed by atoms with Crippen molar-refractivity contribution < 1.29 is 14.3 Å². The maximum Gasteiger partial charge on any atom is 0.258 e. The molecule has 3 N–H and O–H groups in total. The summed E-state index contributed by atoms with van der Waals surface area (Å²) in [5, 5.41) is 10.7. The highest BCUT2D eigenvalue weighted by molar-refractivity contribution is 6.30. The van der Waals surface area contributed by atoms with Crippen LogP contribution in [-0.2, 0) is 10.4 Å². The van der Waals surface area contributed by atoms with Gasteiger partial charge in [0.15, 0.2) is 5.60 Å². The second-order valence-corrected chi connectivity index (χ2v) is 4.50. The van der Waals surface area contributed by atoms with Crippen molar-refractivity contribution in [2.24, 2.45) is 5.73 Å². The lowest BCUT2D eigenvalue weighted by Crippen LogP contribution is -2.42. The van der Waals surface area contributed by atoms with E-state index in [0.717, 1.165) is 6.07 Å². The maximum atomic E-state index is 13.9. The van der Waals surface area contributed by atoms with Gasteiger partial charge in [0.1, 0.15) is 5.82 Å². The van der Waals surface area contributed by atoms with Gasteiger partial charge in [0.2, 0.25) is 0 Å². The Kier molecular flexibility index (Phi) is 3.55. The summed E-state index contributed by atoms with van der Waals surface area (Å²) in [6, 6.07) is 11.6. The number of primary amides is 1. The Labute approximate surface area is 114 Å². The molecule has 0 spiro atoms. The van der Waals surface area contributed by atoms with Crippen molar-refractivity contribution in [2.45, 2.75) is 5.60 Å².